The van der Waals surface area contributed by atoms with Gasteiger partial charge in [-0.2, -0.15) is 0 Å². The maximum Gasteiger partial charge on any atom is 0.317 e. The van der Waals surface area contributed by atoms with E-state index in [1.54, 1.807) is 0 Å². The fourth-order valence-corrected chi connectivity index (χ4v) is 3.59. The molecule has 2 amide bonds. The lowest BCUT2D eigenvalue weighted by Crippen LogP contribution is -2.51. The molecule has 2 aliphatic rings. The minimum Gasteiger partial charge on any atom is -0.381 e. The summed E-state index contributed by atoms with van der Waals surface area (Å²) in [7, 11) is 2.15. The highest BCUT2D eigenvalue weighted by Gasteiger charge is 2.30. The van der Waals surface area contributed by atoms with Gasteiger partial charge in [0.2, 0.25) is 0 Å². The van der Waals surface area contributed by atoms with E-state index in [0.29, 0.717) is 18.5 Å². The lowest BCUT2D eigenvalue weighted by molar-refractivity contribution is 0.113. The molecular weight excluding hydrogens is 302 g/mol. The van der Waals surface area contributed by atoms with Crippen LogP contribution in [0.5, 0.6) is 0 Å². The maximum atomic E-state index is 12.8. The Morgan fingerprint density at radius 1 is 1.25 bits per heavy atom. The lowest BCUT2D eigenvalue weighted by Gasteiger charge is -2.38. The van der Waals surface area contributed by atoms with Crippen molar-refractivity contribution in [1.29, 1.82) is 0 Å². The van der Waals surface area contributed by atoms with Crippen LogP contribution in [0.3, 0.4) is 0 Å². The number of ether oxygens (including phenoxy) is 1. The lowest BCUT2D eigenvalue weighted by atomic mass is 10.0. The van der Waals surface area contributed by atoms with E-state index in [0.717, 1.165) is 57.7 Å². The van der Waals surface area contributed by atoms with Gasteiger partial charge in [-0.25, -0.2) is 4.79 Å². The quantitative estimate of drug-likeness (QED) is 0.901. The molecule has 5 heteroatoms. The molecule has 5 nitrogen and oxygen atoms in total. The average Bonchev–Trinajstić information content (AvgIpc) is 3.13. The summed E-state index contributed by atoms with van der Waals surface area (Å²) in [5, 5.41) is 3.11. The third-order valence-corrected chi connectivity index (χ3v) is 5.16. The van der Waals surface area contributed by atoms with Gasteiger partial charge in [0.05, 0.1) is 6.61 Å². The second-order valence-corrected chi connectivity index (χ2v) is 7.06. The molecule has 1 unspecified atom stereocenters. The first-order valence-corrected chi connectivity index (χ1v) is 9.07. The van der Waals surface area contributed by atoms with E-state index in [1.165, 1.54) is 0 Å². The van der Waals surface area contributed by atoms with Gasteiger partial charge in [-0.05, 0) is 45.0 Å². The summed E-state index contributed by atoms with van der Waals surface area (Å²) < 4.78 is 5.50. The van der Waals surface area contributed by atoms with Gasteiger partial charge in [-0.3, -0.25) is 0 Å². The van der Waals surface area contributed by atoms with Crippen LogP contribution in [-0.2, 0) is 11.3 Å². The Bertz CT molecular complexity index is 509. The third-order valence-electron chi connectivity index (χ3n) is 5.16. The molecule has 24 heavy (non-hydrogen) atoms. The molecule has 1 N–H and O–H groups in total. The van der Waals surface area contributed by atoms with E-state index < -0.39 is 0 Å². The summed E-state index contributed by atoms with van der Waals surface area (Å²) in [5.41, 5.74) is 1.14. The monoisotopic (exact) mass is 331 g/mol. The SMILES string of the molecule is CN1CCC(N(CC2CCOC2)C(=O)NCc2ccccc2)CC1. The molecule has 0 bridgehead atoms. The van der Waals surface area contributed by atoms with Gasteiger partial charge in [-0.1, -0.05) is 30.3 Å². The van der Waals surface area contributed by atoms with Gasteiger partial charge in [0, 0.05) is 31.7 Å². The smallest absolute Gasteiger partial charge is 0.317 e. The first-order valence-electron chi connectivity index (χ1n) is 9.07. The second-order valence-electron chi connectivity index (χ2n) is 7.06. The van der Waals surface area contributed by atoms with E-state index >= 15 is 0 Å². The molecule has 2 saturated heterocycles. The molecule has 0 spiro atoms. The van der Waals surface area contributed by atoms with Crippen LogP contribution in [0.4, 0.5) is 4.79 Å². The van der Waals surface area contributed by atoms with Crippen LogP contribution in [0.2, 0.25) is 0 Å². The van der Waals surface area contributed by atoms with Gasteiger partial charge < -0.3 is 19.9 Å². The standard InChI is InChI=1S/C19H29N3O2/c1-21-10-7-18(8-11-21)22(14-17-9-12-24-15-17)19(23)20-13-16-5-3-2-4-6-16/h2-6,17-18H,7-15H2,1H3,(H,20,23). The van der Waals surface area contributed by atoms with Gasteiger partial charge in [0.1, 0.15) is 0 Å². The zero-order valence-electron chi connectivity index (χ0n) is 14.6. The number of hydrogen-bond donors (Lipinski definition) is 1. The van der Waals surface area contributed by atoms with Crippen LogP contribution in [0.1, 0.15) is 24.8 Å². The molecule has 2 aliphatic heterocycles. The van der Waals surface area contributed by atoms with Gasteiger partial charge in [0.25, 0.3) is 0 Å². The number of rotatable bonds is 5. The molecule has 2 heterocycles. The van der Waals surface area contributed by atoms with Crippen LogP contribution in [0, 0.1) is 5.92 Å². The fraction of sp³-hybridized carbons (Fsp3) is 0.632. The second kappa shape index (κ2) is 8.49. The number of nitrogens with zero attached hydrogens (tertiary/aromatic N) is 2. The summed E-state index contributed by atoms with van der Waals surface area (Å²) >= 11 is 0. The Labute approximate surface area is 145 Å². The first kappa shape index (κ1) is 17.2. The molecule has 1 aromatic carbocycles. The number of carbonyl (C=O) groups excluding carboxylic acids is 1. The number of hydrogen-bond acceptors (Lipinski definition) is 3. The van der Waals surface area contributed by atoms with Gasteiger partial charge >= 0.3 is 6.03 Å². The maximum absolute atomic E-state index is 12.8. The van der Waals surface area contributed by atoms with Crippen molar-refractivity contribution in [1.82, 2.24) is 15.1 Å². The van der Waals surface area contributed by atoms with Crippen LogP contribution < -0.4 is 5.32 Å². The fourth-order valence-electron chi connectivity index (χ4n) is 3.59. The summed E-state index contributed by atoms with van der Waals surface area (Å²) in [6, 6.07) is 10.5. The van der Waals surface area contributed by atoms with Crippen LogP contribution >= 0.6 is 0 Å². The van der Waals surface area contributed by atoms with E-state index in [4.69, 9.17) is 4.74 Å². The predicted octanol–water partition coefficient (Wildman–Crippen LogP) is 2.33. The molecule has 2 fully saturated rings. The van der Waals surface area contributed by atoms with Gasteiger partial charge in [0.15, 0.2) is 0 Å². The van der Waals surface area contributed by atoms with Crippen LogP contribution in [0.25, 0.3) is 0 Å². The minimum absolute atomic E-state index is 0.0697. The zero-order valence-corrected chi connectivity index (χ0v) is 14.6. The highest BCUT2D eigenvalue weighted by molar-refractivity contribution is 5.74. The number of urea groups is 1. The zero-order chi connectivity index (χ0) is 16.8. The van der Waals surface area contributed by atoms with Crippen molar-refractivity contribution < 1.29 is 9.53 Å². The Morgan fingerprint density at radius 2 is 2.00 bits per heavy atom. The number of amides is 2. The predicted molar refractivity (Wildman–Crippen MR) is 94.8 cm³/mol. The summed E-state index contributed by atoms with van der Waals surface area (Å²) in [6.45, 7) is 5.15. The van der Waals surface area contributed by atoms with Crippen LogP contribution in [0.15, 0.2) is 30.3 Å². The minimum atomic E-state index is 0.0697. The summed E-state index contributed by atoms with van der Waals surface area (Å²) in [4.78, 5) is 17.3. The number of likely N-dealkylation sites (tertiary alicyclic amines) is 1. The highest BCUT2D eigenvalue weighted by atomic mass is 16.5. The number of piperidine rings is 1. The van der Waals surface area contributed by atoms with E-state index in [9.17, 15) is 4.79 Å². The molecule has 0 aromatic heterocycles. The van der Waals surface area contributed by atoms with Crippen molar-refractivity contribution in [2.24, 2.45) is 5.92 Å². The average molecular weight is 331 g/mol. The first-order chi connectivity index (χ1) is 11.7. The molecule has 0 aliphatic carbocycles. The molecule has 1 atom stereocenters. The normalized spacial score (nSPS) is 22.5. The van der Waals surface area contributed by atoms with Crippen molar-refractivity contribution >= 4 is 6.03 Å². The van der Waals surface area contributed by atoms with Crippen molar-refractivity contribution in [3.63, 3.8) is 0 Å². The molecule has 3 rings (SSSR count). The molecular formula is C19H29N3O2. The van der Waals surface area contributed by atoms with E-state index in [-0.39, 0.29) is 6.03 Å². The van der Waals surface area contributed by atoms with E-state index in [1.807, 2.05) is 30.3 Å². The number of nitrogens with one attached hydrogen (secondary N) is 1. The van der Waals surface area contributed by atoms with Crippen LogP contribution in [-0.4, -0.2) is 61.8 Å². The van der Waals surface area contributed by atoms with Crippen molar-refractivity contribution in [3.8, 4) is 0 Å². The van der Waals surface area contributed by atoms with E-state index in [2.05, 4.69) is 22.2 Å². The largest absolute Gasteiger partial charge is 0.381 e. The molecule has 0 radical (unpaired) electrons. The van der Waals surface area contributed by atoms with Crippen molar-refractivity contribution in [2.75, 3.05) is 39.9 Å². The van der Waals surface area contributed by atoms with Gasteiger partial charge in [-0.15, -0.1) is 0 Å². The Kier molecular flexibility index (Phi) is 6.10. The topological polar surface area (TPSA) is 44.8 Å². The summed E-state index contributed by atoms with van der Waals surface area (Å²) in [6.07, 6.45) is 3.18. The summed E-state index contributed by atoms with van der Waals surface area (Å²) in [5.74, 6) is 0.479. The Hall–Kier alpha value is -1.59. The molecule has 1 aromatic rings. The highest BCUT2D eigenvalue weighted by Crippen LogP contribution is 2.21. The molecule has 132 valence electrons. The third kappa shape index (κ3) is 4.71. The Balaban J connectivity index is 1.60. The Morgan fingerprint density at radius 3 is 2.67 bits per heavy atom. The molecule has 0 saturated carbocycles. The van der Waals surface area contributed by atoms with Crippen molar-refractivity contribution in [3.05, 3.63) is 35.9 Å². The van der Waals surface area contributed by atoms with Crippen molar-refractivity contribution in [2.45, 2.75) is 31.8 Å². The number of benzene rings is 1. The number of carbonyl (C=O) groups is 1.